The van der Waals surface area contributed by atoms with Crippen molar-refractivity contribution in [2.45, 2.75) is 39.0 Å². The van der Waals surface area contributed by atoms with Crippen LogP contribution in [0, 0.1) is 17.8 Å². The van der Waals surface area contributed by atoms with E-state index in [-0.39, 0.29) is 0 Å². The van der Waals surface area contributed by atoms with Gasteiger partial charge in [-0.2, -0.15) is 0 Å². The van der Waals surface area contributed by atoms with Crippen molar-refractivity contribution < 1.29 is 0 Å². The monoisotopic (exact) mass is 165 g/mol. The van der Waals surface area contributed by atoms with Gasteiger partial charge in [0, 0.05) is 6.54 Å². The molecule has 1 heteroatoms. The first-order valence-electron chi connectivity index (χ1n) is 4.97. The van der Waals surface area contributed by atoms with Crippen LogP contribution < -0.4 is 5.32 Å². The van der Waals surface area contributed by atoms with E-state index < -0.39 is 0 Å². The molecule has 1 fully saturated rings. The molecule has 0 spiro atoms. The molecule has 0 radical (unpaired) electrons. The molecule has 1 aliphatic carbocycles. The largest absolute Gasteiger partial charge is 0.306 e. The van der Waals surface area contributed by atoms with E-state index >= 15 is 0 Å². The van der Waals surface area contributed by atoms with Crippen LogP contribution in [0.2, 0.25) is 0 Å². The van der Waals surface area contributed by atoms with Gasteiger partial charge in [-0.1, -0.05) is 25.7 Å². The molecular weight excluding hydrogens is 146 g/mol. The molecule has 1 aliphatic rings. The predicted molar refractivity (Wildman–Crippen MR) is 52.9 cm³/mol. The van der Waals surface area contributed by atoms with Gasteiger partial charge in [-0.15, -0.1) is 6.42 Å². The van der Waals surface area contributed by atoms with Gasteiger partial charge in [-0.3, -0.25) is 0 Å². The SMILES string of the molecule is C#CCNCC1(CC)CCCC1. The highest BCUT2D eigenvalue weighted by Crippen LogP contribution is 2.40. The van der Waals surface area contributed by atoms with Gasteiger partial charge >= 0.3 is 0 Å². The normalized spacial score (nSPS) is 20.7. The molecule has 0 aliphatic heterocycles. The molecule has 1 saturated carbocycles. The van der Waals surface area contributed by atoms with Crippen molar-refractivity contribution in [3.8, 4) is 12.3 Å². The maximum Gasteiger partial charge on any atom is 0.0574 e. The Kier molecular flexibility index (Phi) is 3.62. The maximum atomic E-state index is 5.19. The Morgan fingerprint density at radius 1 is 1.42 bits per heavy atom. The number of hydrogen-bond donors (Lipinski definition) is 1. The van der Waals surface area contributed by atoms with Crippen molar-refractivity contribution in [2.75, 3.05) is 13.1 Å². The molecule has 12 heavy (non-hydrogen) atoms. The number of terminal acetylenes is 1. The van der Waals surface area contributed by atoms with Crippen LogP contribution in [0.4, 0.5) is 0 Å². The number of hydrogen-bond acceptors (Lipinski definition) is 1. The second kappa shape index (κ2) is 4.52. The zero-order chi connectivity index (χ0) is 8.86. The minimum Gasteiger partial charge on any atom is -0.306 e. The lowest BCUT2D eigenvalue weighted by molar-refractivity contribution is 0.273. The van der Waals surface area contributed by atoms with Crippen LogP contribution in [0.25, 0.3) is 0 Å². The van der Waals surface area contributed by atoms with Gasteiger partial charge in [0.25, 0.3) is 0 Å². The minimum atomic E-state index is 0.580. The van der Waals surface area contributed by atoms with Gasteiger partial charge < -0.3 is 5.32 Å². The molecule has 0 aromatic carbocycles. The predicted octanol–water partition coefficient (Wildman–Crippen LogP) is 2.18. The van der Waals surface area contributed by atoms with Crippen LogP contribution in [0.3, 0.4) is 0 Å². The van der Waals surface area contributed by atoms with Crippen molar-refractivity contribution in [1.29, 1.82) is 0 Å². The first-order valence-corrected chi connectivity index (χ1v) is 4.97. The topological polar surface area (TPSA) is 12.0 Å². The Morgan fingerprint density at radius 3 is 2.58 bits per heavy atom. The molecule has 0 amide bonds. The molecule has 0 aromatic rings. The molecule has 68 valence electrons. The van der Waals surface area contributed by atoms with Crippen LogP contribution >= 0.6 is 0 Å². The van der Waals surface area contributed by atoms with E-state index in [0.29, 0.717) is 5.41 Å². The third-order valence-corrected chi connectivity index (χ3v) is 3.14. The van der Waals surface area contributed by atoms with Crippen LogP contribution in [0.15, 0.2) is 0 Å². The fraction of sp³-hybridized carbons (Fsp3) is 0.818. The third kappa shape index (κ3) is 2.25. The average molecular weight is 165 g/mol. The van der Waals surface area contributed by atoms with Crippen molar-refractivity contribution >= 4 is 0 Å². The highest BCUT2D eigenvalue weighted by molar-refractivity contribution is 4.90. The lowest BCUT2D eigenvalue weighted by Crippen LogP contribution is -2.31. The summed E-state index contributed by atoms with van der Waals surface area (Å²) in [6.07, 6.45) is 12.1. The summed E-state index contributed by atoms with van der Waals surface area (Å²) in [5, 5.41) is 3.33. The summed E-state index contributed by atoms with van der Waals surface area (Å²) < 4.78 is 0. The summed E-state index contributed by atoms with van der Waals surface area (Å²) >= 11 is 0. The lowest BCUT2D eigenvalue weighted by atomic mass is 9.83. The molecule has 0 saturated heterocycles. The quantitative estimate of drug-likeness (QED) is 0.497. The van der Waals surface area contributed by atoms with Gasteiger partial charge in [0.2, 0.25) is 0 Å². The highest BCUT2D eigenvalue weighted by atomic mass is 14.9. The highest BCUT2D eigenvalue weighted by Gasteiger charge is 2.30. The summed E-state index contributed by atoms with van der Waals surface area (Å²) in [6.45, 7) is 4.14. The Morgan fingerprint density at radius 2 is 2.08 bits per heavy atom. The smallest absolute Gasteiger partial charge is 0.0574 e. The van der Waals surface area contributed by atoms with E-state index in [1.807, 2.05) is 0 Å². The summed E-state index contributed by atoms with van der Waals surface area (Å²) in [7, 11) is 0. The maximum absolute atomic E-state index is 5.19. The standard InChI is InChI=1S/C11H19N/c1-3-9-12-10-11(4-2)7-5-6-8-11/h1,12H,4-10H2,2H3. The minimum absolute atomic E-state index is 0.580. The molecule has 0 aromatic heterocycles. The molecule has 0 atom stereocenters. The Hall–Kier alpha value is -0.480. The second-order valence-corrected chi connectivity index (χ2v) is 3.87. The van der Waals surface area contributed by atoms with Gasteiger partial charge in [0.1, 0.15) is 0 Å². The third-order valence-electron chi connectivity index (χ3n) is 3.14. The van der Waals surface area contributed by atoms with E-state index in [1.54, 1.807) is 0 Å². The molecule has 0 unspecified atom stereocenters. The van der Waals surface area contributed by atoms with Gasteiger partial charge in [0.15, 0.2) is 0 Å². The average Bonchev–Trinajstić information content (AvgIpc) is 2.55. The zero-order valence-corrected chi connectivity index (χ0v) is 8.03. The molecule has 0 heterocycles. The first-order chi connectivity index (χ1) is 5.83. The number of nitrogens with one attached hydrogen (secondary N) is 1. The lowest BCUT2D eigenvalue weighted by Gasteiger charge is -2.27. The van der Waals surface area contributed by atoms with E-state index in [1.165, 1.54) is 32.1 Å². The summed E-state index contributed by atoms with van der Waals surface area (Å²) in [6, 6.07) is 0. The van der Waals surface area contributed by atoms with Crippen LogP contribution in [-0.4, -0.2) is 13.1 Å². The van der Waals surface area contributed by atoms with Crippen molar-refractivity contribution in [2.24, 2.45) is 5.41 Å². The van der Waals surface area contributed by atoms with Crippen LogP contribution in [0.5, 0.6) is 0 Å². The van der Waals surface area contributed by atoms with Crippen molar-refractivity contribution in [3.05, 3.63) is 0 Å². The Balaban J connectivity index is 2.30. The fourth-order valence-corrected chi connectivity index (χ4v) is 2.18. The summed E-state index contributed by atoms with van der Waals surface area (Å²) in [5.74, 6) is 2.62. The molecule has 1 rings (SSSR count). The molecular formula is C11H19N. The van der Waals surface area contributed by atoms with Gasteiger partial charge in [-0.05, 0) is 24.7 Å². The van der Waals surface area contributed by atoms with Crippen LogP contribution in [0.1, 0.15) is 39.0 Å². The van der Waals surface area contributed by atoms with Crippen molar-refractivity contribution in [3.63, 3.8) is 0 Å². The van der Waals surface area contributed by atoms with Crippen LogP contribution in [-0.2, 0) is 0 Å². The van der Waals surface area contributed by atoms with Crippen molar-refractivity contribution in [1.82, 2.24) is 5.32 Å². The summed E-state index contributed by atoms with van der Waals surface area (Å²) in [5.41, 5.74) is 0.580. The zero-order valence-electron chi connectivity index (χ0n) is 8.03. The molecule has 1 nitrogen and oxygen atoms in total. The molecule has 1 N–H and O–H groups in total. The Bertz CT molecular complexity index is 160. The van der Waals surface area contributed by atoms with Gasteiger partial charge in [-0.25, -0.2) is 0 Å². The summed E-state index contributed by atoms with van der Waals surface area (Å²) in [4.78, 5) is 0. The Labute approximate surface area is 75.9 Å². The van der Waals surface area contributed by atoms with E-state index in [0.717, 1.165) is 13.1 Å². The second-order valence-electron chi connectivity index (χ2n) is 3.87. The van der Waals surface area contributed by atoms with E-state index in [4.69, 9.17) is 6.42 Å². The van der Waals surface area contributed by atoms with E-state index in [2.05, 4.69) is 18.2 Å². The fourth-order valence-electron chi connectivity index (χ4n) is 2.18. The molecule has 0 bridgehead atoms. The first kappa shape index (κ1) is 9.61. The number of rotatable bonds is 4. The van der Waals surface area contributed by atoms with E-state index in [9.17, 15) is 0 Å². The van der Waals surface area contributed by atoms with Gasteiger partial charge in [0.05, 0.1) is 6.54 Å².